The molecule has 1 aromatic rings. The third-order valence-corrected chi connectivity index (χ3v) is 4.75. The number of alkyl halides is 3. The van der Waals surface area contributed by atoms with E-state index in [2.05, 4.69) is 10.2 Å². The lowest BCUT2D eigenvalue weighted by molar-refractivity contribution is -0.138. The molecular formula is C16H22F4N2S. The first-order valence-corrected chi connectivity index (χ1v) is 9.10. The number of thioether (sulfide) groups is 1. The van der Waals surface area contributed by atoms with E-state index in [1.807, 2.05) is 6.26 Å². The molecule has 1 aliphatic rings. The maximum absolute atomic E-state index is 13.2. The van der Waals surface area contributed by atoms with Crippen molar-refractivity contribution in [2.75, 3.05) is 31.6 Å². The van der Waals surface area contributed by atoms with Crippen LogP contribution in [0.3, 0.4) is 0 Å². The highest BCUT2D eigenvalue weighted by atomic mass is 32.2. The molecule has 0 amide bonds. The Morgan fingerprint density at radius 2 is 1.96 bits per heavy atom. The first-order chi connectivity index (χ1) is 10.9. The van der Waals surface area contributed by atoms with Gasteiger partial charge in [-0.25, -0.2) is 4.39 Å². The first kappa shape index (κ1) is 18.5. The van der Waals surface area contributed by atoms with E-state index in [0.29, 0.717) is 6.07 Å². The van der Waals surface area contributed by atoms with Crippen LogP contribution in [0.4, 0.5) is 17.6 Å². The normalized spacial score (nSPS) is 17.0. The van der Waals surface area contributed by atoms with Gasteiger partial charge in [0.15, 0.2) is 0 Å². The average Bonchev–Trinajstić information content (AvgIpc) is 2.52. The van der Waals surface area contributed by atoms with Crippen LogP contribution >= 0.6 is 11.8 Å². The lowest BCUT2D eigenvalue weighted by Gasteiger charge is -2.35. The molecule has 1 aliphatic heterocycles. The highest BCUT2D eigenvalue weighted by Gasteiger charge is 2.34. The van der Waals surface area contributed by atoms with Gasteiger partial charge in [0.2, 0.25) is 0 Å². The van der Waals surface area contributed by atoms with Crippen molar-refractivity contribution in [1.29, 1.82) is 0 Å². The molecule has 7 heteroatoms. The van der Waals surface area contributed by atoms with E-state index < -0.39 is 17.6 Å². The Morgan fingerprint density at radius 3 is 2.57 bits per heavy atom. The van der Waals surface area contributed by atoms with Gasteiger partial charge in [0.1, 0.15) is 5.82 Å². The molecule has 1 fully saturated rings. The topological polar surface area (TPSA) is 15.3 Å². The molecule has 0 radical (unpaired) electrons. The number of piperidine rings is 1. The standard InChI is InChI=1S/C16H22F4N2S/c1-23-9-8-22(14-4-6-21-7-5-14)11-12-2-3-13(17)10-15(12)16(18,19)20/h2-3,10,14,21H,4-9,11H2,1H3. The molecule has 1 saturated heterocycles. The molecule has 1 N–H and O–H groups in total. The number of benzene rings is 1. The summed E-state index contributed by atoms with van der Waals surface area (Å²) in [5.41, 5.74) is -0.709. The fraction of sp³-hybridized carbons (Fsp3) is 0.625. The summed E-state index contributed by atoms with van der Waals surface area (Å²) in [6.07, 6.45) is -0.690. The van der Waals surface area contributed by atoms with Crippen LogP contribution in [-0.2, 0) is 12.7 Å². The molecule has 130 valence electrons. The van der Waals surface area contributed by atoms with Crippen molar-refractivity contribution in [3.8, 4) is 0 Å². The second kappa shape index (κ2) is 8.35. The molecule has 0 unspecified atom stereocenters. The molecule has 1 heterocycles. The Morgan fingerprint density at radius 1 is 1.26 bits per heavy atom. The van der Waals surface area contributed by atoms with Crippen LogP contribution in [-0.4, -0.2) is 42.6 Å². The van der Waals surface area contributed by atoms with Crippen LogP contribution in [0.5, 0.6) is 0 Å². The van der Waals surface area contributed by atoms with E-state index in [0.717, 1.165) is 44.3 Å². The molecule has 0 saturated carbocycles. The molecule has 0 aliphatic carbocycles. The summed E-state index contributed by atoms with van der Waals surface area (Å²) in [6.45, 7) is 2.72. The Hall–Kier alpha value is -0.790. The zero-order valence-corrected chi connectivity index (χ0v) is 13.9. The Balaban J connectivity index is 2.21. The van der Waals surface area contributed by atoms with Gasteiger partial charge in [-0.05, 0) is 49.9 Å². The molecule has 0 aromatic heterocycles. The minimum absolute atomic E-state index is 0.151. The van der Waals surface area contributed by atoms with Crippen molar-refractivity contribution in [2.24, 2.45) is 0 Å². The highest BCUT2D eigenvalue weighted by Crippen LogP contribution is 2.33. The third-order valence-electron chi connectivity index (χ3n) is 4.16. The summed E-state index contributed by atoms with van der Waals surface area (Å²) >= 11 is 1.68. The van der Waals surface area contributed by atoms with Crippen molar-refractivity contribution >= 4 is 11.8 Å². The molecule has 0 atom stereocenters. The van der Waals surface area contributed by atoms with Crippen molar-refractivity contribution in [2.45, 2.75) is 31.6 Å². The molecule has 2 nitrogen and oxygen atoms in total. The monoisotopic (exact) mass is 350 g/mol. The van der Waals surface area contributed by atoms with Gasteiger partial charge in [0.05, 0.1) is 5.56 Å². The second-order valence-electron chi connectivity index (χ2n) is 5.74. The van der Waals surface area contributed by atoms with Crippen molar-refractivity contribution in [3.63, 3.8) is 0 Å². The van der Waals surface area contributed by atoms with Crippen LogP contribution in [0.15, 0.2) is 18.2 Å². The molecule has 2 rings (SSSR count). The number of halogens is 4. The maximum Gasteiger partial charge on any atom is 0.416 e. The van der Waals surface area contributed by atoms with E-state index >= 15 is 0 Å². The van der Waals surface area contributed by atoms with Gasteiger partial charge in [-0.15, -0.1) is 0 Å². The Bertz CT molecular complexity index is 501. The molecular weight excluding hydrogens is 328 g/mol. The van der Waals surface area contributed by atoms with E-state index in [-0.39, 0.29) is 18.2 Å². The Kier molecular flexibility index (Phi) is 6.73. The summed E-state index contributed by atoms with van der Waals surface area (Å²) in [7, 11) is 0. The van der Waals surface area contributed by atoms with Crippen molar-refractivity contribution in [3.05, 3.63) is 35.1 Å². The van der Waals surface area contributed by atoms with Crippen LogP contribution in [0.1, 0.15) is 24.0 Å². The second-order valence-corrected chi connectivity index (χ2v) is 6.73. The molecule has 0 spiro atoms. The van der Waals surface area contributed by atoms with E-state index in [9.17, 15) is 17.6 Å². The average molecular weight is 350 g/mol. The Labute approximate surface area is 138 Å². The fourth-order valence-electron chi connectivity index (χ4n) is 2.94. The first-order valence-electron chi connectivity index (χ1n) is 7.71. The largest absolute Gasteiger partial charge is 0.416 e. The van der Waals surface area contributed by atoms with E-state index in [1.165, 1.54) is 6.07 Å². The van der Waals surface area contributed by atoms with E-state index in [1.54, 1.807) is 11.8 Å². The lowest BCUT2D eigenvalue weighted by Crippen LogP contribution is -2.43. The van der Waals surface area contributed by atoms with Gasteiger partial charge in [0.25, 0.3) is 0 Å². The fourth-order valence-corrected chi connectivity index (χ4v) is 3.36. The number of nitrogens with zero attached hydrogens (tertiary/aromatic N) is 1. The zero-order chi connectivity index (χ0) is 16.9. The number of rotatable bonds is 6. The molecule has 23 heavy (non-hydrogen) atoms. The zero-order valence-electron chi connectivity index (χ0n) is 13.1. The minimum Gasteiger partial charge on any atom is -0.317 e. The van der Waals surface area contributed by atoms with Crippen LogP contribution < -0.4 is 5.32 Å². The number of nitrogens with one attached hydrogen (secondary N) is 1. The third kappa shape index (κ3) is 5.36. The predicted octanol–water partition coefficient (Wildman–Crippen LogP) is 3.76. The van der Waals surface area contributed by atoms with Crippen LogP contribution in [0, 0.1) is 5.82 Å². The summed E-state index contributed by atoms with van der Waals surface area (Å²) in [6, 6.07) is 3.25. The highest BCUT2D eigenvalue weighted by molar-refractivity contribution is 7.98. The molecule has 1 aromatic carbocycles. The summed E-state index contributed by atoms with van der Waals surface area (Å²) in [4.78, 5) is 2.11. The summed E-state index contributed by atoms with van der Waals surface area (Å²) in [5, 5.41) is 3.27. The number of hydrogen-bond acceptors (Lipinski definition) is 3. The van der Waals surface area contributed by atoms with Gasteiger partial charge in [-0.2, -0.15) is 24.9 Å². The summed E-state index contributed by atoms with van der Waals surface area (Å²) < 4.78 is 52.8. The van der Waals surface area contributed by atoms with Crippen molar-refractivity contribution in [1.82, 2.24) is 10.2 Å². The predicted molar refractivity (Wildman–Crippen MR) is 86.1 cm³/mol. The summed E-state index contributed by atoms with van der Waals surface area (Å²) in [5.74, 6) is 0.0190. The van der Waals surface area contributed by atoms with Gasteiger partial charge >= 0.3 is 6.18 Å². The van der Waals surface area contributed by atoms with Gasteiger partial charge in [0, 0.05) is 24.9 Å². The maximum atomic E-state index is 13.2. The van der Waals surface area contributed by atoms with Crippen LogP contribution in [0.2, 0.25) is 0 Å². The van der Waals surface area contributed by atoms with E-state index in [4.69, 9.17) is 0 Å². The van der Waals surface area contributed by atoms with Gasteiger partial charge in [-0.1, -0.05) is 6.07 Å². The smallest absolute Gasteiger partial charge is 0.317 e. The van der Waals surface area contributed by atoms with Crippen molar-refractivity contribution < 1.29 is 17.6 Å². The minimum atomic E-state index is -4.53. The number of hydrogen-bond donors (Lipinski definition) is 1. The quantitative estimate of drug-likeness (QED) is 0.787. The van der Waals surface area contributed by atoms with Crippen LogP contribution in [0.25, 0.3) is 0 Å². The van der Waals surface area contributed by atoms with Gasteiger partial charge < -0.3 is 5.32 Å². The molecule has 0 bridgehead atoms. The lowest BCUT2D eigenvalue weighted by atomic mass is 10.0. The SMILES string of the molecule is CSCCN(Cc1ccc(F)cc1C(F)(F)F)C1CCNCC1. The van der Waals surface area contributed by atoms with Gasteiger partial charge in [-0.3, -0.25) is 4.90 Å².